The first-order valence-corrected chi connectivity index (χ1v) is 11.8. The van der Waals surface area contributed by atoms with Crippen molar-refractivity contribution in [2.45, 2.75) is 57.9 Å². The number of rotatable bonds is 4. The largest absolute Gasteiger partial charge is 0.293 e. The highest BCUT2D eigenvalue weighted by Crippen LogP contribution is 2.54. The van der Waals surface area contributed by atoms with Crippen LogP contribution in [0.4, 0.5) is 10.2 Å². The molecule has 33 heavy (non-hydrogen) atoms. The minimum absolute atomic E-state index is 0.0673. The van der Waals surface area contributed by atoms with E-state index in [1.54, 1.807) is 12.4 Å². The lowest BCUT2D eigenvalue weighted by Gasteiger charge is -2.23. The molecule has 2 saturated carbocycles. The van der Waals surface area contributed by atoms with E-state index in [-0.39, 0.29) is 29.1 Å². The summed E-state index contributed by atoms with van der Waals surface area (Å²) in [5, 5.41) is 18.7. The lowest BCUT2D eigenvalue weighted by molar-refractivity contribution is -0.124. The summed E-state index contributed by atoms with van der Waals surface area (Å²) in [6, 6.07) is 2.72. The molecule has 0 radical (unpaired) electrons. The predicted octanol–water partition coefficient (Wildman–Crippen LogP) is 4.14. The van der Waals surface area contributed by atoms with E-state index in [4.69, 9.17) is 4.98 Å². The Morgan fingerprint density at radius 1 is 1.12 bits per heavy atom. The van der Waals surface area contributed by atoms with Gasteiger partial charge in [0, 0.05) is 24.2 Å². The summed E-state index contributed by atoms with van der Waals surface area (Å²) in [4.78, 5) is 19.8. The Morgan fingerprint density at radius 3 is 2.64 bits per heavy atom. The number of nitrogens with zero attached hydrogens (tertiary/aromatic N) is 7. The van der Waals surface area contributed by atoms with Crippen LogP contribution in [0, 0.1) is 34.4 Å². The summed E-state index contributed by atoms with van der Waals surface area (Å²) in [6.45, 7) is 2.27. The van der Waals surface area contributed by atoms with Crippen LogP contribution >= 0.6 is 0 Å². The van der Waals surface area contributed by atoms with Crippen LogP contribution in [0.5, 0.6) is 0 Å². The Bertz CT molecular complexity index is 1280. The molecule has 1 amide bonds. The van der Waals surface area contributed by atoms with Gasteiger partial charge in [0.25, 0.3) is 0 Å². The van der Waals surface area contributed by atoms with Crippen molar-refractivity contribution in [3.05, 3.63) is 30.6 Å². The van der Waals surface area contributed by atoms with Gasteiger partial charge in [0.1, 0.15) is 10.9 Å². The molecule has 9 heteroatoms. The Kier molecular flexibility index (Phi) is 4.54. The molecule has 0 aromatic carbocycles. The second-order valence-electron chi connectivity index (χ2n) is 9.81. The van der Waals surface area contributed by atoms with Crippen molar-refractivity contribution in [2.24, 2.45) is 17.3 Å². The van der Waals surface area contributed by atoms with Crippen LogP contribution in [0.1, 0.15) is 57.9 Å². The summed E-state index contributed by atoms with van der Waals surface area (Å²) in [7, 11) is 0. The number of aromatic nitrogens is 5. The van der Waals surface area contributed by atoms with E-state index in [1.807, 2.05) is 17.8 Å². The van der Waals surface area contributed by atoms with E-state index in [2.05, 4.69) is 16.3 Å². The Morgan fingerprint density at radius 2 is 1.91 bits per heavy atom. The van der Waals surface area contributed by atoms with Gasteiger partial charge in [-0.05, 0) is 31.6 Å². The Hall–Kier alpha value is -3.28. The van der Waals surface area contributed by atoms with Gasteiger partial charge in [0.15, 0.2) is 11.6 Å². The highest BCUT2D eigenvalue weighted by atomic mass is 19.1. The second-order valence-corrected chi connectivity index (χ2v) is 9.81. The molecule has 3 aromatic rings. The van der Waals surface area contributed by atoms with Gasteiger partial charge in [-0.3, -0.25) is 14.4 Å². The summed E-state index contributed by atoms with van der Waals surface area (Å²) < 4.78 is 18.2. The average Bonchev–Trinajstić information content (AvgIpc) is 3.34. The Labute approximate surface area is 191 Å². The number of halogens is 1. The van der Waals surface area contributed by atoms with Crippen LogP contribution in [0.2, 0.25) is 0 Å². The quantitative estimate of drug-likeness (QED) is 0.599. The molecule has 0 spiro atoms. The average molecular weight is 448 g/mol. The van der Waals surface area contributed by atoms with Gasteiger partial charge in [-0.2, -0.15) is 15.5 Å². The Balaban J connectivity index is 1.43. The van der Waals surface area contributed by atoms with E-state index in [0.29, 0.717) is 18.3 Å². The van der Waals surface area contributed by atoms with Gasteiger partial charge in [-0.15, -0.1) is 0 Å². The monoisotopic (exact) mass is 447 g/mol. The van der Waals surface area contributed by atoms with Gasteiger partial charge in [0.2, 0.25) is 5.91 Å². The molecule has 6 rings (SSSR count). The minimum Gasteiger partial charge on any atom is -0.293 e. The van der Waals surface area contributed by atoms with Crippen LogP contribution in [0.25, 0.3) is 16.8 Å². The third-order valence-electron chi connectivity index (χ3n) is 7.77. The first kappa shape index (κ1) is 20.3. The number of amides is 1. The fraction of sp³-hybridized carbons (Fsp3) is 0.542. The van der Waals surface area contributed by atoms with Crippen LogP contribution in [-0.4, -0.2) is 36.8 Å². The molecule has 0 N–H and O–H groups in total. The van der Waals surface area contributed by atoms with Crippen LogP contribution < -0.4 is 4.90 Å². The van der Waals surface area contributed by atoms with Gasteiger partial charge >= 0.3 is 0 Å². The zero-order chi connectivity index (χ0) is 22.7. The summed E-state index contributed by atoms with van der Waals surface area (Å²) >= 11 is 0. The normalized spacial score (nSPS) is 26.3. The number of nitriles is 1. The van der Waals surface area contributed by atoms with Crippen molar-refractivity contribution in [1.29, 1.82) is 5.26 Å². The van der Waals surface area contributed by atoms with Gasteiger partial charge in [0.05, 0.1) is 36.4 Å². The molecular weight excluding hydrogens is 421 g/mol. The molecule has 1 aliphatic heterocycles. The lowest BCUT2D eigenvalue weighted by Crippen LogP contribution is -2.37. The van der Waals surface area contributed by atoms with Crippen molar-refractivity contribution >= 4 is 17.2 Å². The van der Waals surface area contributed by atoms with E-state index < -0.39 is 11.2 Å². The van der Waals surface area contributed by atoms with Crippen LogP contribution in [0.3, 0.4) is 0 Å². The van der Waals surface area contributed by atoms with Crippen molar-refractivity contribution in [3.8, 4) is 17.3 Å². The number of carbonyl (C=O) groups is 1. The fourth-order valence-electron chi connectivity index (χ4n) is 5.79. The number of anilines is 1. The number of hydrogen-bond acceptors (Lipinski definition) is 5. The minimum atomic E-state index is -1.06. The van der Waals surface area contributed by atoms with Crippen molar-refractivity contribution in [2.75, 3.05) is 11.4 Å². The zero-order valence-electron chi connectivity index (χ0n) is 18.6. The topological polar surface area (TPSA) is 92.1 Å². The van der Waals surface area contributed by atoms with Crippen LogP contribution in [-0.2, 0) is 4.79 Å². The molecule has 3 aromatic heterocycles. The second kappa shape index (κ2) is 7.37. The van der Waals surface area contributed by atoms with E-state index >= 15 is 0 Å². The van der Waals surface area contributed by atoms with E-state index in [0.717, 1.165) is 37.4 Å². The first-order valence-electron chi connectivity index (χ1n) is 11.8. The third kappa shape index (κ3) is 3.00. The van der Waals surface area contributed by atoms with Crippen molar-refractivity contribution in [3.63, 3.8) is 0 Å². The molecule has 8 nitrogen and oxygen atoms in total. The predicted molar refractivity (Wildman–Crippen MR) is 119 cm³/mol. The molecule has 0 unspecified atom stereocenters. The molecule has 3 aliphatic rings. The summed E-state index contributed by atoms with van der Waals surface area (Å²) in [5.74, 6) is -0.679. The number of hydrogen-bond donors (Lipinski definition) is 0. The maximum absolute atomic E-state index is 14.8. The summed E-state index contributed by atoms with van der Waals surface area (Å²) in [5.41, 5.74) is 0.470. The SMILES string of the molecule is C[C@@H]1CN(c2nc(-c3cnn(C4CCCCC4)c3)cn3ncc(F)c23)C(=O)[C@]1(C#N)C1CC1. The van der Waals surface area contributed by atoms with E-state index in [1.165, 1.54) is 28.7 Å². The third-order valence-corrected chi connectivity index (χ3v) is 7.77. The van der Waals surface area contributed by atoms with Gasteiger partial charge < -0.3 is 0 Å². The lowest BCUT2D eigenvalue weighted by atomic mass is 9.75. The molecule has 170 valence electrons. The maximum atomic E-state index is 14.8. The van der Waals surface area contributed by atoms with Gasteiger partial charge in [-0.1, -0.05) is 26.2 Å². The summed E-state index contributed by atoms with van der Waals surface area (Å²) in [6.07, 6.45) is 14.2. The maximum Gasteiger partial charge on any atom is 0.249 e. The fourth-order valence-corrected chi connectivity index (χ4v) is 5.79. The van der Waals surface area contributed by atoms with Crippen LogP contribution in [0.15, 0.2) is 24.8 Å². The smallest absolute Gasteiger partial charge is 0.249 e. The van der Waals surface area contributed by atoms with Crippen molar-refractivity contribution < 1.29 is 9.18 Å². The van der Waals surface area contributed by atoms with E-state index in [9.17, 15) is 14.4 Å². The number of fused-ring (bicyclic) bond motifs is 1. The molecule has 2 aliphatic carbocycles. The highest BCUT2D eigenvalue weighted by molar-refractivity contribution is 6.04. The van der Waals surface area contributed by atoms with Crippen molar-refractivity contribution in [1.82, 2.24) is 24.4 Å². The van der Waals surface area contributed by atoms with Gasteiger partial charge in [-0.25, -0.2) is 13.9 Å². The molecule has 0 bridgehead atoms. The molecule has 4 heterocycles. The first-order chi connectivity index (χ1) is 16.0. The molecule has 2 atom stereocenters. The molecule has 3 fully saturated rings. The molecule has 1 saturated heterocycles. The zero-order valence-corrected chi connectivity index (χ0v) is 18.6. The highest BCUT2D eigenvalue weighted by Gasteiger charge is 2.61. The standard InChI is InChI=1S/C24H26FN7O/c1-15-11-30(23(33)24(15,14-26)17-7-8-17)22-21-19(25)10-28-32(21)13-20(29-22)16-9-27-31(12-16)18-5-3-2-4-6-18/h9-10,12-13,15,17-18H,2-8,11H2,1H3/t15-,24+/m1/s1. The number of carbonyl (C=O) groups excluding carboxylic acids is 1. The molecular formula is C24H26FN7O.